The molecule has 3 aromatic carbocycles. The summed E-state index contributed by atoms with van der Waals surface area (Å²) < 4.78 is 13.5. The quantitative estimate of drug-likeness (QED) is 0.401. The summed E-state index contributed by atoms with van der Waals surface area (Å²) >= 11 is 12.2. The molecular formula is C27H27Cl2FN2O2. The maximum absolute atomic E-state index is 13.6. The summed E-state index contributed by atoms with van der Waals surface area (Å²) in [5.41, 5.74) is 2.34. The molecule has 0 fully saturated rings. The molecular weight excluding hydrogens is 474 g/mol. The van der Waals surface area contributed by atoms with Gasteiger partial charge in [0.2, 0.25) is 11.8 Å². The van der Waals surface area contributed by atoms with E-state index in [9.17, 15) is 14.0 Å². The molecule has 178 valence electrons. The Morgan fingerprint density at radius 1 is 0.882 bits per heavy atom. The van der Waals surface area contributed by atoms with Crippen molar-refractivity contribution in [2.75, 3.05) is 0 Å². The molecule has 34 heavy (non-hydrogen) atoms. The summed E-state index contributed by atoms with van der Waals surface area (Å²) in [5.74, 6) is -0.859. The van der Waals surface area contributed by atoms with Gasteiger partial charge in [-0.1, -0.05) is 71.7 Å². The Morgan fingerprint density at radius 3 is 2.15 bits per heavy atom. The molecule has 1 unspecified atom stereocenters. The average Bonchev–Trinajstić information content (AvgIpc) is 2.80. The lowest BCUT2D eigenvalue weighted by molar-refractivity contribution is -0.141. The first-order valence-electron chi connectivity index (χ1n) is 11.0. The highest BCUT2D eigenvalue weighted by molar-refractivity contribution is 6.42. The van der Waals surface area contributed by atoms with E-state index in [-0.39, 0.29) is 36.6 Å². The van der Waals surface area contributed by atoms with Gasteiger partial charge in [0.1, 0.15) is 11.9 Å². The van der Waals surface area contributed by atoms with Crippen LogP contribution in [0, 0.1) is 5.82 Å². The second-order valence-electron chi connectivity index (χ2n) is 8.44. The molecule has 7 heteroatoms. The van der Waals surface area contributed by atoms with E-state index < -0.39 is 6.04 Å². The Morgan fingerprint density at radius 2 is 1.53 bits per heavy atom. The van der Waals surface area contributed by atoms with Crippen LogP contribution in [0.3, 0.4) is 0 Å². The third-order valence-electron chi connectivity index (χ3n) is 5.31. The summed E-state index contributed by atoms with van der Waals surface area (Å²) in [5, 5.41) is 3.70. The number of amides is 2. The number of benzene rings is 3. The normalized spacial score (nSPS) is 11.8. The Hall–Kier alpha value is -2.89. The van der Waals surface area contributed by atoms with Gasteiger partial charge in [-0.3, -0.25) is 9.59 Å². The molecule has 3 rings (SSSR count). The van der Waals surface area contributed by atoms with Crippen molar-refractivity contribution in [2.45, 2.75) is 45.3 Å². The molecule has 1 atom stereocenters. The molecule has 0 aliphatic heterocycles. The van der Waals surface area contributed by atoms with Crippen molar-refractivity contribution in [1.82, 2.24) is 10.2 Å². The topological polar surface area (TPSA) is 49.4 Å². The first-order valence-corrected chi connectivity index (χ1v) is 11.8. The molecule has 0 bridgehead atoms. The largest absolute Gasteiger partial charge is 0.352 e. The van der Waals surface area contributed by atoms with Crippen LogP contribution in [0.15, 0.2) is 72.8 Å². The van der Waals surface area contributed by atoms with Gasteiger partial charge < -0.3 is 10.2 Å². The van der Waals surface area contributed by atoms with Crippen molar-refractivity contribution in [3.63, 3.8) is 0 Å². The maximum Gasteiger partial charge on any atom is 0.243 e. The van der Waals surface area contributed by atoms with E-state index in [1.54, 1.807) is 35.2 Å². The molecule has 3 aromatic rings. The van der Waals surface area contributed by atoms with Gasteiger partial charge in [-0.15, -0.1) is 0 Å². The van der Waals surface area contributed by atoms with Crippen LogP contribution < -0.4 is 5.32 Å². The second kappa shape index (κ2) is 12.0. The first-order chi connectivity index (χ1) is 16.2. The molecule has 2 amide bonds. The molecule has 1 N–H and O–H groups in total. The number of nitrogens with zero attached hydrogens (tertiary/aromatic N) is 1. The zero-order chi connectivity index (χ0) is 24.7. The summed E-state index contributed by atoms with van der Waals surface area (Å²) in [6.45, 7) is 3.90. The molecule has 0 heterocycles. The van der Waals surface area contributed by atoms with Crippen molar-refractivity contribution >= 4 is 35.0 Å². The van der Waals surface area contributed by atoms with Crippen LogP contribution in [0.25, 0.3) is 0 Å². The minimum atomic E-state index is -0.759. The van der Waals surface area contributed by atoms with E-state index in [2.05, 4.69) is 5.32 Å². The number of nitrogens with one attached hydrogen (secondary N) is 1. The summed E-state index contributed by atoms with van der Waals surface area (Å²) in [7, 11) is 0. The lowest BCUT2D eigenvalue weighted by atomic mass is 10.0. The highest BCUT2D eigenvalue weighted by Gasteiger charge is 2.30. The van der Waals surface area contributed by atoms with Crippen molar-refractivity contribution in [2.24, 2.45) is 0 Å². The SMILES string of the molecule is CC(C)NC(=O)C(Cc1ccccc1)N(Cc1ccc(F)cc1)C(=O)Cc1ccc(Cl)c(Cl)c1. The van der Waals surface area contributed by atoms with Crippen LogP contribution in [-0.4, -0.2) is 28.8 Å². The molecule has 0 radical (unpaired) electrons. The fraction of sp³-hybridized carbons (Fsp3) is 0.259. The van der Waals surface area contributed by atoms with Gasteiger partial charge in [0.05, 0.1) is 16.5 Å². The third kappa shape index (κ3) is 7.31. The zero-order valence-electron chi connectivity index (χ0n) is 19.1. The van der Waals surface area contributed by atoms with E-state index in [0.29, 0.717) is 22.0 Å². The number of carbonyl (C=O) groups is 2. The lowest BCUT2D eigenvalue weighted by Gasteiger charge is -2.32. The van der Waals surface area contributed by atoms with E-state index in [0.717, 1.165) is 11.1 Å². The average molecular weight is 501 g/mol. The van der Waals surface area contributed by atoms with Gasteiger partial charge in [0.15, 0.2) is 0 Å². The van der Waals surface area contributed by atoms with Crippen LogP contribution >= 0.6 is 23.2 Å². The summed E-state index contributed by atoms with van der Waals surface area (Å²) in [4.78, 5) is 28.4. The molecule has 0 aliphatic carbocycles. The van der Waals surface area contributed by atoms with Crippen LogP contribution in [0.2, 0.25) is 10.0 Å². The van der Waals surface area contributed by atoms with Crippen molar-refractivity contribution < 1.29 is 14.0 Å². The molecule has 0 aromatic heterocycles. The maximum atomic E-state index is 13.6. The second-order valence-corrected chi connectivity index (χ2v) is 9.26. The Balaban J connectivity index is 1.97. The van der Waals surface area contributed by atoms with Crippen LogP contribution in [-0.2, 0) is 29.0 Å². The highest BCUT2D eigenvalue weighted by atomic mass is 35.5. The standard InChI is InChI=1S/C27H27Cl2FN2O2/c1-18(2)31-27(34)25(15-19-6-4-3-5-7-19)32(17-20-8-11-22(30)12-9-20)26(33)16-21-10-13-23(28)24(29)14-21/h3-14,18,25H,15-17H2,1-2H3,(H,31,34). The molecule has 0 saturated heterocycles. The lowest BCUT2D eigenvalue weighted by Crippen LogP contribution is -2.52. The smallest absolute Gasteiger partial charge is 0.243 e. The van der Waals surface area contributed by atoms with Gasteiger partial charge in [0.25, 0.3) is 0 Å². The number of halogens is 3. The zero-order valence-corrected chi connectivity index (χ0v) is 20.6. The number of hydrogen-bond acceptors (Lipinski definition) is 2. The summed E-state index contributed by atoms with van der Waals surface area (Å²) in [6.07, 6.45) is 0.381. The van der Waals surface area contributed by atoms with E-state index in [4.69, 9.17) is 23.2 Å². The van der Waals surface area contributed by atoms with Crippen molar-refractivity contribution in [3.8, 4) is 0 Å². The molecule has 0 aliphatic rings. The Bertz CT molecular complexity index is 1120. The van der Waals surface area contributed by atoms with Gasteiger partial charge in [-0.25, -0.2) is 4.39 Å². The predicted molar refractivity (Wildman–Crippen MR) is 134 cm³/mol. The van der Waals surface area contributed by atoms with E-state index in [1.807, 2.05) is 44.2 Å². The van der Waals surface area contributed by atoms with Crippen LogP contribution in [0.4, 0.5) is 4.39 Å². The van der Waals surface area contributed by atoms with E-state index in [1.165, 1.54) is 12.1 Å². The van der Waals surface area contributed by atoms with Crippen molar-refractivity contribution in [1.29, 1.82) is 0 Å². The molecule has 4 nitrogen and oxygen atoms in total. The van der Waals surface area contributed by atoms with E-state index >= 15 is 0 Å². The van der Waals surface area contributed by atoms with Crippen molar-refractivity contribution in [3.05, 3.63) is 105 Å². The highest BCUT2D eigenvalue weighted by Crippen LogP contribution is 2.24. The monoisotopic (exact) mass is 500 g/mol. The predicted octanol–water partition coefficient (Wildman–Crippen LogP) is 5.84. The summed E-state index contributed by atoms with van der Waals surface area (Å²) in [6, 6.07) is 19.7. The Kier molecular flexibility index (Phi) is 9.08. The number of rotatable bonds is 9. The third-order valence-corrected chi connectivity index (χ3v) is 6.05. The van der Waals surface area contributed by atoms with Gasteiger partial charge in [-0.2, -0.15) is 0 Å². The van der Waals surface area contributed by atoms with Crippen LogP contribution in [0.5, 0.6) is 0 Å². The fourth-order valence-electron chi connectivity index (χ4n) is 3.65. The minimum Gasteiger partial charge on any atom is -0.352 e. The van der Waals surface area contributed by atoms with Gasteiger partial charge in [-0.05, 0) is 54.8 Å². The van der Waals surface area contributed by atoms with Gasteiger partial charge in [0, 0.05) is 19.0 Å². The number of hydrogen-bond donors (Lipinski definition) is 1. The first kappa shape index (κ1) is 25.7. The van der Waals surface area contributed by atoms with Gasteiger partial charge >= 0.3 is 0 Å². The minimum absolute atomic E-state index is 0.0400. The Labute approximate surface area is 209 Å². The fourth-order valence-corrected chi connectivity index (χ4v) is 3.97. The number of carbonyl (C=O) groups excluding carboxylic acids is 2. The molecule has 0 saturated carbocycles. The molecule has 0 spiro atoms. The van der Waals surface area contributed by atoms with Crippen LogP contribution in [0.1, 0.15) is 30.5 Å².